The first-order chi connectivity index (χ1) is 12.0. The summed E-state index contributed by atoms with van der Waals surface area (Å²) in [5, 5.41) is 4.38. The smallest absolute Gasteiger partial charge is 0.254 e. The fourth-order valence-corrected chi connectivity index (χ4v) is 2.48. The molecule has 6 nitrogen and oxygen atoms in total. The summed E-state index contributed by atoms with van der Waals surface area (Å²) in [5.74, 6) is 0.632. The maximum absolute atomic E-state index is 13.8. The molecule has 0 saturated heterocycles. The number of benzene rings is 1. The third-order valence-corrected chi connectivity index (χ3v) is 3.62. The molecule has 0 saturated carbocycles. The Labute approximate surface area is 145 Å². The minimum absolute atomic E-state index is 0.188. The topological polar surface area (TPSA) is 62.1 Å². The van der Waals surface area contributed by atoms with Gasteiger partial charge in [-0.1, -0.05) is 6.07 Å². The largest absolute Gasteiger partial charge is 0.494 e. The summed E-state index contributed by atoms with van der Waals surface area (Å²) >= 11 is 0. The molecule has 2 heterocycles. The highest BCUT2D eigenvalue weighted by atomic mass is 19.1. The number of halogens is 1. The fraction of sp³-hybridized carbons (Fsp3) is 0.278. The van der Waals surface area contributed by atoms with Gasteiger partial charge in [-0.3, -0.25) is 0 Å². The molecule has 130 valence electrons. The first kappa shape index (κ1) is 16.9. The zero-order chi connectivity index (χ0) is 18.0. The minimum Gasteiger partial charge on any atom is -0.494 e. The quantitative estimate of drug-likeness (QED) is 0.712. The van der Waals surface area contributed by atoms with E-state index in [9.17, 15) is 4.39 Å². The summed E-state index contributed by atoms with van der Waals surface area (Å²) in [6, 6.07) is 8.38. The molecule has 0 fully saturated rings. The van der Waals surface area contributed by atoms with E-state index in [0.717, 1.165) is 17.1 Å². The molecule has 0 radical (unpaired) electrons. The van der Waals surface area contributed by atoms with Gasteiger partial charge in [-0.2, -0.15) is 10.1 Å². The lowest BCUT2D eigenvalue weighted by Crippen LogP contribution is -2.08. The average Bonchev–Trinajstić information content (AvgIpc) is 2.91. The highest BCUT2D eigenvalue weighted by molar-refractivity contribution is 5.30. The average molecular weight is 342 g/mol. The molecule has 0 amide bonds. The third-order valence-electron chi connectivity index (χ3n) is 3.62. The Morgan fingerprint density at radius 2 is 1.84 bits per heavy atom. The van der Waals surface area contributed by atoms with Gasteiger partial charge < -0.3 is 9.47 Å². The van der Waals surface area contributed by atoms with Crippen molar-refractivity contribution >= 4 is 0 Å². The van der Waals surface area contributed by atoms with Crippen molar-refractivity contribution in [3.05, 3.63) is 58.8 Å². The van der Waals surface area contributed by atoms with Gasteiger partial charge in [-0.05, 0) is 44.5 Å². The van der Waals surface area contributed by atoms with E-state index in [1.54, 1.807) is 22.9 Å². The van der Waals surface area contributed by atoms with Crippen molar-refractivity contribution in [2.24, 2.45) is 0 Å². The van der Waals surface area contributed by atoms with Gasteiger partial charge in [-0.25, -0.2) is 14.1 Å². The van der Waals surface area contributed by atoms with Crippen LogP contribution in [0.25, 0.3) is 5.95 Å². The van der Waals surface area contributed by atoms with Crippen LogP contribution in [0.5, 0.6) is 11.6 Å². The van der Waals surface area contributed by atoms with Crippen LogP contribution in [0.4, 0.5) is 4.39 Å². The number of ether oxygens (including phenoxy) is 2. The summed E-state index contributed by atoms with van der Waals surface area (Å²) in [7, 11) is 1.43. The normalized spacial score (nSPS) is 10.8. The van der Waals surface area contributed by atoms with E-state index in [4.69, 9.17) is 9.47 Å². The number of nitrogens with zero attached hydrogens (tertiary/aromatic N) is 4. The van der Waals surface area contributed by atoms with E-state index in [1.807, 2.05) is 26.8 Å². The van der Waals surface area contributed by atoms with Crippen LogP contribution in [-0.2, 0) is 6.61 Å². The molecule has 0 aliphatic rings. The predicted molar refractivity (Wildman–Crippen MR) is 90.6 cm³/mol. The predicted octanol–water partition coefficient (Wildman–Crippen LogP) is 3.31. The highest BCUT2D eigenvalue weighted by Gasteiger charge is 2.10. The molecule has 0 aliphatic carbocycles. The SMILES string of the molecule is COc1ccc(COc2cc(C)nc(-n3nc(C)cc3C)n2)cc1F. The van der Waals surface area contributed by atoms with Gasteiger partial charge in [0.05, 0.1) is 12.8 Å². The summed E-state index contributed by atoms with van der Waals surface area (Å²) in [5.41, 5.74) is 3.26. The fourth-order valence-electron chi connectivity index (χ4n) is 2.48. The first-order valence-corrected chi connectivity index (χ1v) is 7.81. The second-order valence-corrected chi connectivity index (χ2v) is 5.74. The standard InChI is InChI=1S/C18H19FN4O2/c1-11-8-17(21-18(20-11)23-13(3)7-12(2)22-23)25-10-14-5-6-16(24-4)15(19)9-14/h5-9H,10H2,1-4H3. The van der Waals surface area contributed by atoms with Crippen molar-refractivity contribution in [3.8, 4) is 17.6 Å². The van der Waals surface area contributed by atoms with Crippen LogP contribution in [0, 0.1) is 26.6 Å². The molecule has 3 aromatic rings. The van der Waals surface area contributed by atoms with Gasteiger partial charge >= 0.3 is 0 Å². The van der Waals surface area contributed by atoms with Crippen LogP contribution in [0.15, 0.2) is 30.3 Å². The Bertz CT molecular complexity index is 908. The monoisotopic (exact) mass is 342 g/mol. The van der Waals surface area contributed by atoms with Crippen molar-refractivity contribution in [2.45, 2.75) is 27.4 Å². The van der Waals surface area contributed by atoms with Crippen LogP contribution in [0.1, 0.15) is 22.6 Å². The number of rotatable bonds is 5. The summed E-state index contributed by atoms with van der Waals surface area (Å²) < 4.78 is 26.0. The number of hydrogen-bond acceptors (Lipinski definition) is 5. The zero-order valence-electron chi connectivity index (χ0n) is 14.6. The van der Waals surface area contributed by atoms with E-state index in [-0.39, 0.29) is 12.4 Å². The molecule has 0 aliphatic heterocycles. The third kappa shape index (κ3) is 3.76. The van der Waals surface area contributed by atoms with Gasteiger partial charge in [0.15, 0.2) is 11.6 Å². The van der Waals surface area contributed by atoms with E-state index in [1.165, 1.54) is 13.2 Å². The summed E-state index contributed by atoms with van der Waals surface area (Å²) in [6.45, 7) is 5.89. The lowest BCUT2D eigenvalue weighted by Gasteiger charge is -2.10. The second-order valence-electron chi connectivity index (χ2n) is 5.74. The van der Waals surface area contributed by atoms with Crippen molar-refractivity contribution in [1.82, 2.24) is 19.7 Å². The number of aromatic nitrogens is 4. The van der Waals surface area contributed by atoms with E-state index in [2.05, 4.69) is 15.1 Å². The van der Waals surface area contributed by atoms with E-state index in [0.29, 0.717) is 17.4 Å². The lowest BCUT2D eigenvalue weighted by molar-refractivity contribution is 0.291. The van der Waals surface area contributed by atoms with Crippen molar-refractivity contribution < 1.29 is 13.9 Å². The van der Waals surface area contributed by atoms with Gasteiger partial charge in [0.25, 0.3) is 5.95 Å². The number of hydrogen-bond donors (Lipinski definition) is 0. The van der Waals surface area contributed by atoms with Crippen LogP contribution >= 0.6 is 0 Å². The molecule has 1 aromatic carbocycles. The summed E-state index contributed by atoms with van der Waals surface area (Å²) in [4.78, 5) is 8.80. The van der Waals surface area contributed by atoms with Crippen LogP contribution in [0.3, 0.4) is 0 Å². The van der Waals surface area contributed by atoms with Gasteiger partial charge in [0.2, 0.25) is 5.88 Å². The molecule has 2 aromatic heterocycles. The van der Waals surface area contributed by atoms with Gasteiger partial charge in [-0.15, -0.1) is 0 Å². The van der Waals surface area contributed by atoms with Crippen molar-refractivity contribution in [3.63, 3.8) is 0 Å². The molecule has 0 spiro atoms. The highest BCUT2D eigenvalue weighted by Crippen LogP contribution is 2.19. The van der Waals surface area contributed by atoms with Crippen LogP contribution < -0.4 is 9.47 Å². The van der Waals surface area contributed by atoms with Crippen LogP contribution in [0.2, 0.25) is 0 Å². The lowest BCUT2D eigenvalue weighted by atomic mass is 10.2. The number of methoxy groups -OCH3 is 1. The summed E-state index contributed by atoms with van der Waals surface area (Å²) in [6.07, 6.45) is 0. The van der Waals surface area contributed by atoms with Gasteiger partial charge in [0, 0.05) is 17.5 Å². The maximum atomic E-state index is 13.8. The number of aryl methyl sites for hydroxylation is 3. The molecular weight excluding hydrogens is 323 g/mol. The Morgan fingerprint density at radius 1 is 1.04 bits per heavy atom. The van der Waals surface area contributed by atoms with Crippen molar-refractivity contribution in [2.75, 3.05) is 7.11 Å². The van der Waals surface area contributed by atoms with E-state index >= 15 is 0 Å². The molecule has 0 unspecified atom stereocenters. The molecular formula is C18H19FN4O2. The van der Waals surface area contributed by atoms with Crippen molar-refractivity contribution in [1.29, 1.82) is 0 Å². The molecule has 0 bridgehead atoms. The molecule has 3 rings (SSSR count). The Balaban J connectivity index is 1.81. The zero-order valence-corrected chi connectivity index (χ0v) is 14.6. The molecule has 7 heteroatoms. The Morgan fingerprint density at radius 3 is 2.48 bits per heavy atom. The Kier molecular flexibility index (Phi) is 4.65. The second kappa shape index (κ2) is 6.88. The maximum Gasteiger partial charge on any atom is 0.254 e. The van der Waals surface area contributed by atoms with Crippen LogP contribution in [-0.4, -0.2) is 26.9 Å². The Hall–Kier alpha value is -2.96. The molecule has 25 heavy (non-hydrogen) atoms. The van der Waals surface area contributed by atoms with E-state index < -0.39 is 5.82 Å². The molecule has 0 N–H and O–H groups in total. The molecule has 0 atom stereocenters. The first-order valence-electron chi connectivity index (χ1n) is 7.81. The van der Waals surface area contributed by atoms with Gasteiger partial charge in [0.1, 0.15) is 6.61 Å². The minimum atomic E-state index is -0.425.